The number of nitrogens with zero attached hydrogens (tertiary/aromatic N) is 1. The Morgan fingerprint density at radius 1 is 1.42 bits per heavy atom. The van der Waals surface area contributed by atoms with Crippen LogP contribution in [-0.2, 0) is 0 Å². The largest absolute Gasteiger partial charge is 0.476 e. The van der Waals surface area contributed by atoms with E-state index in [1.165, 1.54) is 12.8 Å². The van der Waals surface area contributed by atoms with Crippen molar-refractivity contribution in [2.45, 2.75) is 39.2 Å². The molecule has 1 fully saturated rings. The predicted molar refractivity (Wildman–Crippen MR) is 75.8 cm³/mol. The van der Waals surface area contributed by atoms with Gasteiger partial charge in [-0.1, -0.05) is 25.4 Å². The number of aromatic carboxylic acids is 1. The number of aromatic nitrogens is 1. The molecular formula is C14H19ClN2O2. The van der Waals surface area contributed by atoms with E-state index in [0.29, 0.717) is 17.8 Å². The van der Waals surface area contributed by atoms with Gasteiger partial charge in [-0.25, -0.2) is 9.78 Å². The van der Waals surface area contributed by atoms with E-state index in [0.717, 1.165) is 12.3 Å². The standard InChI is InChI=1S/C14H19ClN2O2/c1-8-3-5-11(9(2)7-8)16-12-6-4-10(15)13(17-12)14(18)19/h4,6,8-9,11H,3,5,7H2,1-2H3,(H,16,17)(H,18,19). The van der Waals surface area contributed by atoms with Crippen LogP contribution in [0.1, 0.15) is 43.6 Å². The van der Waals surface area contributed by atoms with Crippen molar-refractivity contribution in [3.63, 3.8) is 0 Å². The van der Waals surface area contributed by atoms with Crippen LogP contribution >= 0.6 is 11.6 Å². The highest BCUT2D eigenvalue weighted by atomic mass is 35.5. The highest BCUT2D eigenvalue weighted by Crippen LogP contribution is 2.30. The summed E-state index contributed by atoms with van der Waals surface area (Å²) in [7, 11) is 0. The summed E-state index contributed by atoms with van der Waals surface area (Å²) >= 11 is 5.81. The normalized spacial score (nSPS) is 27.0. The van der Waals surface area contributed by atoms with Crippen molar-refractivity contribution in [2.75, 3.05) is 5.32 Å². The quantitative estimate of drug-likeness (QED) is 0.888. The molecule has 0 bridgehead atoms. The number of anilines is 1. The fourth-order valence-corrected chi connectivity index (χ4v) is 2.93. The van der Waals surface area contributed by atoms with Gasteiger partial charge in [-0.3, -0.25) is 0 Å². The lowest BCUT2D eigenvalue weighted by Crippen LogP contribution is -2.33. The molecule has 3 atom stereocenters. The molecule has 1 aromatic rings. The first kappa shape index (κ1) is 14.1. The minimum atomic E-state index is -1.10. The Kier molecular flexibility index (Phi) is 4.30. The number of hydrogen-bond donors (Lipinski definition) is 2. The number of pyridine rings is 1. The van der Waals surface area contributed by atoms with E-state index in [2.05, 4.69) is 24.1 Å². The second kappa shape index (κ2) is 5.78. The molecule has 0 aromatic carbocycles. The van der Waals surface area contributed by atoms with Crippen LogP contribution in [0.15, 0.2) is 12.1 Å². The number of rotatable bonds is 3. The maximum Gasteiger partial charge on any atom is 0.356 e. The summed E-state index contributed by atoms with van der Waals surface area (Å²) in [6.07, 6.45) is 3.48. The fourth-order valence-electron chi connectivity index (χ4n) is 2.74. The van der Waals surface area contributed by atoms with Gasteiger partial charge in [-0.15, -0.1) is 0 Å². The lowest BCUT2D eigenvalue weighted by atomic mass is 9.80. The molecule has 0 saturated heterocycles. The van der Waals surface area contributed by atoms with E-state index in [9.17, 15) is 4.79 Å². The zero-order chi connectivity index (χ0) is 14.0. The van der Waals surface area contributed by atoms with E-state index < -0.39 is 5.97 Å². The van der Waals surface area contributed by atoms with Gasteiger partial charge in [0, 0.05) is 6.04 Å². The summed E-state index contributed by atoms with van der Waals surface area (Å²) in [5.74, 6) is 0.822. The second-order valence-electron chi connectivity index (χ2n) is 5.48. The average molecular weight is 283 g/mol. The Bertz CT molecular complexity index is 479. The molecule has 2 N–H and O–H groups in total. The van der Waals surface area contributed by atoms with E-state index in [-0.39, 0.29) is 10.7 Å². The van der Waals surface area contributed by atoms with Crippen LogP contribution < -0.4 is 5.32 Å². The third kappa shape index (κ3) is 3.38. The molecule has 0 aliphatic heterocycles. The van der Waals surface area contributed by atoms with Crippen LogP contribution in [0.3, 0.4) is 0 Å². The number of hydrogen-bond acceptors (Lipinski definition) is 3. The van der Waals surface area contributed by atoms with Crippen LogP contribution in [0.25, 0.3) is 0 Å². The van der Waals surface area contributed by atoms with Gasteiger partial charge in [0.25, 0.3) is 0 Å². The van der Waals surface area contributed by atoms with Crippen LogP contribution in [0.4, 0.5) is 5.82 Å². The smallest absolute Gasteiger partial charge is 0.356 e. The first-order valence-electron chi connectivity index (χ1n) is 6.63. The topological polar surface area (TPSA) is 62.2 Å². The highest BCUT2D eigenvalue weighted by molar-refractivity contribution is 6.33. The second-order valence-corrected chi connectivity index (χ2v) is 5.89. The first-order chi connectivity index (χ1) is 8.97. The van der Waals surface area contributed by atoms with Crippen LogP contribution in [0.5, 0.6) is 0 Å². The number of carboxylic acids is 1. The molecule has 1 saturated carbocycles. The molecule has 0 amide bonds. The maximum absolute atomic E-state index is 11.0. The van der Waals surface area contributed by atoms with Crippen LogP contribution in [0, 0.1) is 11.8 Å². The molecule has 3 unspecified atom stereocenters. The molecule has 0 spiro atoms. The van der Waals surface area contributed by atoms with Crippen molar-refractivity contribution >= 4 is 23.4 Å². The molecule has 0 radical (unpaired) electrons. The van der Waals surface area contributed by atoms with Crippen molar-refractivity contribution in [3.05, 3.63) is 22.8 Å². The maximum atomic E-state index is 11.0. The Labute approximate surface area is 118 Å². The molecule has 1 aromatic heterocycles. The van der Waals surface area contributed by atoms with Crippen LogP contribution in [-0.4, -0.2) is 22.1 Å². The molecule has 1 aliphatic rings. The molecular weight excluding hydrogens is 264 g/mol. The monoisotopic (exact) mass is 282 g/mol. The van der Waals surface area contributed by atoms with E-state index in [1.54, 1.807) is 12.1 Å². The van der Waals surface area contributed by atoms with Crippen LogP contribution in [0.2, 0.25) is 5.02 Å². The Balaban J connectivity index is 2.11. The number of carboxylic acid groups (broad SMARTS) is 1. The Morgan fingerprint density at radius 2 is 2.16 bits per heavy atom. The van der Waals surface area contributed by atoms with Crippen molar-refractivity contribution < 1.29 is 9.90 Å². The van der Waals surface area contributed by atoms with E-state index in [1.807, 2.05) is 0 Å². The molecule has 4 nitrogen and oxygen atoms in total. The Hall–Kier alpha value is -1.29. The molecule has 104 valence electrons. The summed E-state index contributed by atoms with van der Waals surface area (Å²) in [5, 5.41) is 12.5. The summed E-state index contributed by atoms with van der Waals surface area (Å²) < 4.78 is 0. The fraction of sp³-hybridized carbons (Fsp3) is 0.571. The average Bonchev–Trinajstić information content (AvgIpc) is 2.34. The predicted octanol–water partition coefficient (Wildman–Crippen LogP) is 3.67. The minimum Gasteiger partial charge on any atom is -0.476 e. The van der Waals surface area contributed by atoms with Gasteiger partial charge in [0.1, 0.15) is 5.82 Å². The summed E-state index contributed by atoms with van der Waals surface area (Å²) in [6, 6.07) is 3.67. The third-order valence-corrected chi connectivity index (χ3v) is 4.12. The minimum absolute atomic E-state index is 0.0940. The molecule has 1 aliphatic carbocycles. The number of halogens is 1. The molecule has 19 heavy (non-hydrogen) atoms. The van der Waals surface area contributed by atoms with Gasteiger partial charge >= 0.3 is 5.97 Å². The molecule has 5 heteroatoms. The molecule has 2 rings (SSSR count). The zero-order valence-corrected chi connectivity index (χ0v) is 11.9. The van der Waals surface area contributed by atoms with Gasteiger partial charge in [-0.05, 0) is 43.2 Å². The summed E-state index contributed by atoms with van der Waals surface area (Å²) in [4.78, 5) is 15.1. The van der Waals surface area contributed by atoms with E-state index in [4.69, 9.17) is 16.7 Å². The lowest BCUT2D eigenvalue weighted by Gasteiger charge is -2.33. The molecule has 1 heterocycles. The van der Waals surface area contributed by atoms with E-state index >= 15 is 0 Å². The first-order valence-corrected chi connectivity index (χ1v) is 7.01. The summed E-state index contributed by atoms with van der Waals surface area (Å²) in [5.41, 5.74) is -0.0940. The van der Waals surface area contributed by atoms with Gasteiger partial charge in [0.15, 0.2) is 5.69 Å². The van der Waals surface area contributed by atoms with Gasteiger partial charge in [0.05, 0.1) is 5.02 Å². The van der Waals surface area contributed by atoms with Gasteiger partial charge in [0.2, 0.25) is 0 Å². The van der Waals surface area contributed by atoms with Crippen molar-refractivity contribution in [1.82, 2.24) is 4.98 Å². The lowest BCUT2D eigenvalue weighted by molar-refractivity contribution is 0.0691. The third-order valence-electron chi connectivity index (χ3n) is 3.81. The summed E-state index contributed by atoms with van der Waals surface area (Å²) in [6.45, 7) is 4.50. The SMILES string of the molecule is CC1CCC(Nc2ccc(Cl)c(C(=O)O)n2)C(C)C1. The number of nitrogens with one attached hydrogen (secondary N) is 1. The van der Waals surface area contributed by atoms with Crippen molar-refractivity contribution in [3.8, 4) is 0 Å². The number of carbonyl (C=O) groups is 1. The van der Waals surface area contributed by atoms with Crippen molar-refractivity contribution in [1.29, 1.82) is 0 Å². The van der Waals surface area contributed by atoms with Gasteiger partial charge < -0.3 is 10.4 Å². The zero-order valence-electron chi connectivity index (χ0n) is 11.2. The van der Waals surface area contributed by atoms with Crippen molar-refractivity contribution in [2.24, 2.45) is 11.8 Å². The Morgan fingerprint density at radius 3 is 2.79 bits per heavy atom. The highest BCUT2D eigenvalue weighted by Gasteiger charge is 2.25. The van der Waals surface area contributed by atoms with Gasteiger partial charge in [-0.2, -0.15) is 0 Å².